The number of para-hydroxylation sites is 4. The molecule has 0 radical (unpaired) electrons. The zero-order chi connectivity index (χ0) is 45.9. The van der Waals surface area contributed by atoms with Crippen molar-refractivity contribution in [3.63, 3.8) is 0 Å². The van der Waals surface area contributed by atoms with Gasteiger partial charge in [0, 0.05) is 64.4 Å². The standard InChI is InChI=1S/C64H38N4OS/c1-4-19-39(20-5-1)61-65-62(40-21-6-2-7-22-40)67-63(66-61)45-27-18-30-51-57(45)47-37-41(35-36-48(47)64(51)49-28-12-15-32-53(49)69-54-33-16-13-29-50(54)64)46-38-56-59(44-26-11-17-34-55(44)70-56)60-58(46)43-25-10-14-31-52(43)68(60)42-23-8-3-9-24-42/h1-38H. The van der Waals surface area contributed by atoms with Crippen LogP contribution < -0.4 is 4.74 Å². The molecule has 326 valence electrons. The van der Waals surface area contributed by atoms with Gasteiger partial charge in [-0.25, -0.2) is 15.0 Å². The van der Waals surface area contributed by atoms with Crippen LogP contribution in [0.5, 0.6) is 11.5 Å². The zero-order valence-electron chi connectivity index (χ0n) is 37.5. The van der Waals surface area contributed by atoms with E-state index in [1.807, 2.05) is 47.7 Å². The molecule has 0 amide bonds. The molecule has 5 nitrogen and oxygen atoms in total. The van der Waals surface area contributed by atoms with Crippen LogP contribution in [0.1, 0.15) is 22.3 Å². The summed E-state index contributed by atoms with van der Waals surface area (Å²) in [5.41, 5.74) is 14.7. The molecule has 0 atom stereocenters. The number of nitrogens with zero attached hydrogens (tertiary/aromatic N) is 4. The molecule has 3 aromatic heterocycles. The maximum Gasteiger partial charge on any atom is 0.164 e. The first-order valence-electron chi connectivity index (χ1n) is 23.7. The van der Waals surface area contributed by atoms with Gasteiger partial charge in [0.2, 0.25) is 0 Å². The minimum absolute atomic E-state index is 0.617. The summed E-state index contributed by atoms with van der Waals surface area (Å²) in [6.07, 6.45) is 0. The monoisotopic (exact) mass is 910 g/mol. The van der Waals surface area contributed by atoms with Gasteiger partial charge >= 0.3 is 0 Å². The van der Waals surface area contributed by atoms with Crippen LogP contribution in [0.4, 0.5) is 0 Å². The minimum atomic E-state index is -0.712. The van der Waals surface area contributed by atoms with Crippen LogP contribution in [0.2, 0.25) is 0 Å². The number of hydrogen-bond acceptors (Lipinski definition) is 5. The highest BCUT2D eigenvalue weighted by Crippen LogP contribution is 2.64. The van der Waals surface area contributed by atoms with Crippen LogP contribution in [0.15, 0.2) is 231 Å². The van der Waals surface area contributed by atoms with Gasteiger partial charge in [0.05, 0.1) is 16.4 Å². The summed E-state index contributed by atoms with van der Waals surface area (Å²) in [7, 11) is 0. The molecule has 0 bridgehead atoms. The van der Waals surface area contributed by atoms with Crippen molar-refractivity contribution in [3.05, 3.63) is 253 Å². The lowest BCUT2D eigenvalue weighted by molar-refractivity contribution is 0.436. The van der Waals surface area contributed by atoms with Crippen LogP contribution in [0.3, 0.4) is 0 Å². The summed E-state index contributed by atoms with van der Waals surface area (Å²) in [5, 5.41) is 5.00. The van der Waals surface area contributed by atoms with Crippen molar-refractivity contribution in [2.45, 2.75) is 5.41 Å². The van der Waals surface area contributed by atoms with E-state index in [0.717, 1.165) is 67.3 Å². The number of benzene rings is 10. The fraction of sp³-hybridized carbons (Fsp3) is 0.0156. The second-order valence-electron chi connectivity index (χ2n) is 18.2. The first-order valence-corrected chi connectivity index (χ1v) is 24.5. The summed E-state index contributed by atoms with van der Waals surface area (Å²) < 4.78 is 11.8. The van der Waals surface area contributed by atoms with Gasteiger partial charge in [-0.15, -0.1) is 11.3 Å². The first-order chi connectivity index (χ1) is 34.7. The van der Waals surface area contributed by atoms with E-state index in [-0.39, 0.29) is 0 Å². The first kappa shape index (κ1) is 39.1. The molecule has 6 heteroatoms. The maximum atomic E-state index is 6.79. The molecule has 4 heterocycles. The summed E-state index contributed by atoms with van der Waals surface area (Å²) in [6, 6.07) is 82.5. The Hall–Kier alpha value is -8.97. The predicted molar refractivity (Wildman–Crippen MR) is 286 cm³/mol. The Balaban J connectivity index is 1.07. The van der Waals surface area contributed by atoms with Crippen molar-refractivity contribution in [2.24, 2.45) is 0 Å². The molecule has 15 rings (SSSR count). The van der Waals surface area contributed by atoms with Gasteiger partial charge in [0.1, 0.15) is 11.5 Å². The predicted octanol–water partition coefficient (Wildman–Crippen LogP) is 16.5. The third-order valence-electron chi connectivity index (χ3n) is 14.5. The summed E-state index contributed by atoms with van der Waals surface area (Å²) in [6.45, 7) is 0. The van der Waals surface area contributed by atoms with Gasteiger partial charge in [0.25, 0.3) is 0 Å². The number of aromatic nitrogens is 4. The van der Waals surface area contributed by atoms with Crippen molar-refractivity contribution < 1.29 is 4.74 Å². The summed E-state index contributed by atoms with van der Waals surface area (Å²) in [5.74, 6) is 3.56. The summed E-state index contributed by atoms with van der Waals surface area (Å²) >= 11 is 1.86. The van der Waals surface area contributed by atoms with Gasteiger partial charge in [-0.2, -0.15) is 0 Å². The van der Waals surface area contributed by atoms with Gasteiger partial charge in [-0.3, -0.25) is 0 Å². The van der Waals surface area contributed by atoms with E-state index < -0.39 is 5.41 Å². The number of thiophene rings is 1. The van der Waals surface area contributed by atoms with E-state index in [0.29, 0.717) is 17.5 Å². The molecule has 70 heavy (non-hydrogen) atoms. The molecule has 0 saturated carbocycles. The molecular formula is C64H38N4OS. The van der Waals surface area contributed by atoms with E-state index in [4.69, 9.17) is 19.7 Å². The van der Waals surface area contributed by atoms with Crippen molar-refractivity contribution in [3.8, 4) is 73.6 Å². The average Bonchev–Trinajstić information content (AvgIpc) is 4.08. The summed E-state index contributed by atoms with van der Waals surface area (Å²) in [4.78, 5) is 15.8. The second-order valence-corrected chi connectivity index (χ2v) is 19.3. The Labute approximate surface area is 407 Å². The van der Waals surface area contributed by atoms with E-state index in [1.165, 1.54) is 53.1 Å². The minimum Gasteiger partial charge on any atom is -0.457 e. The molecule has 13 aromatic rings. The molecule has 0 fully saturated rings. The van der Waals surface area contributed by atoms with Gasteiger partial charge in [0.15, 0.2) is 17.5 Å². The third kappa shape index (κ3) is 5.50. The molecule has 10 aromatic carbocycles. The van der Waals surface area contributed by atoms with Gasteiger partial charge in [-0.05, 0) is 81.9 Å². The third-order valence-corrected chi connectivity index (χ3v) is 15.6. The Kier molecular flexibility index (Phi) is 8.38. The van der Waals surface area contributed by atoms with Crippen LogP contribution in [0, 0.1) is 0 Å². The van der Waals surface area contributed by atoms with E-state index in [1.54, 1.807) is 0 Å². The number of hydrogen-bond donors (Lipinski definition) is 0. The van der Waals surface area contributed by atoms with E-state index in [9.17, 15) is 0 Å². The van der Waals surface area contributed by atoms with Crippen LogP contribution in [0.25, 0.3) is 104 Å². The van der Waals surface area contributed by atoms with Crippen LogP contribution >= 0.6 is 11.3 Å². The van der Waals surface area contributed by atoms with Crippen LogP contribution in [-0.2, 0) is 5.41 Å². The zero-order valence-corrected chi connectivity index (χ0v) is 38.4. The quantitative estimate of drug-likeness (QED) is 0.173. The topological polar surface area (TPSA) is 52.8 Å². The van der Waals surface area contributed by atoms with Crippen molar-refractivity contribution >= 4 is 53.3 Å². The Morgan fingerprint density at radius 2 is 0.971 bits per heavy atom. The highest BCUT2D eigenvalue weighted by atomic mass is 32.1. The second kappa shape index (κ2) is 15.0. The molecule has 0 unspecified atom stereocenters. The lowest BCUT2D eigenvalue weighted by atomic mass is 9.66. The SMILES string of the molecule is c1ccc(-c2nc(-c3ccccc3)nc(-c3cccc4c3-c3cc(-c5cc6sc7ccccc7c6c6c5c5ccccc5n6-c5ccccc5)ccc3C43c4ccccc4Oc4ccccc43)n2)cc1. The van der Waals surface area contributed by atoms with E-state index >= 15 is 0 Å². The van der Waals surface area contributed by atoms with Gasteiger partial charge < -0.3 is 9.30 Å². The molecular weight excluding hydrogens is 873 g/mol. The highest BCUT2D eigenvalue weighted by molar-refractivity contribution is 7.26. The normalized spacial score (nSPS) is 13.1. The number of rotatable bonds is 5. The molecule has 0 N–H and O–H groups in total. The van der Waals surface area contributed by atoms with Crippen molar-refractivity contribution in [1.82, 2.24) is 19.5 Å². The maximum absolute atomic E-state index is 6.79. The average molecular weight is 911 g/mol. The lowest BCUT2D eigenvalue weighted by Gasteiger charge is -2.39. The van der Waals surface area contributed by atoms with E-state index in [2.05, 4.69) is 199 Å². The Morgan fingerprint density at radius 1 is 0.386 bits per heavy atom. The largest absolute Gasteiger partial charge is 0.457 e. The molecule has 2 aliphatic rings. The lowest BCUT2D eigenvalue weighted by Crippen LogP contribution is -2.32. The van der Waals surface area contributed by atoms with Crippen molar-refractivity contribution in [2.75, 3.05) is 0 Å². The fourth-order valence-electron chi connectivity index (χ4n) is 11.7. The Bertz CT molecular complexity index is 4170. The molecule has 1 aliphatic heterocycles. The van der Waals surface area contributed by atoms with Gasteiger partial charge in [-0.1, -0.05) is 182 Å². The molecule has 1 aliphatic carbocycles. The Morgan fingerprint density at radius 3 is 1.69 bits per heavy atom. The molecule has 1 spiro atoms. The van der Waals surface area contributed by atoms with Crippen LogP contribution in [-0.4, -0.2) is 19.5 Å². The fourth-order valence-corrected chi connectivity index (χ4v) is 12.8. The number of fused-ring (bicyclic) bond motifs is 16. The van der Waals surface area contributed by atoms with Crippen molar-refractivity contribution in [1.29, 1.82) is 0 Å². The highest BCUT2D eigenvalue weighted by Gasteiger charge is 2.52. The molecule has 0 saturated heterocycles. The smallest absolute Gasteiger partial charge is 0.164 e. The number of ether oxygens (including phenoxy) is 1.